The molecule has 3 heterocycles. The second-order valence-corrected chi connectivity index (χ2v) is 11.8. The number of aromatic nitrogens is 1. The first-order chi connectivity index (χ1) is 17.2. The van der Waals surface area contributed by atoms with E-state index in [0.29, 0.717) is 43.8 Å². The highest BCUT2D eigenvalue weighted by Crippen LogP contribution is 2.49. The minimum Gasteiger partial charge on any atom is -0.497 e. The summed E-state index contributed by atoms with van der Waals surface area (Å²) in [5, 5.41) is 11.4. The van der Waals surface area contributed by atoms with E-state index < -0.39 is 27.3 Å². The first kappa shape index (κ1) is 24.7. The second-order valence-electron chi connectivity index (χ2n) is 9.54. The van der Waals surface area contributed by atoms with Gasteiger partial charge in [-0.3, -0.25) is 4.79 Å². The number of aliphatic hydroxyl groups excluding tert-OH is 1. The van der Waals surface area contributed by atoms with Crippen molar-refractivity contribution in [1.29, 1.82) is 0 Å². The van der Waals surface area contributed by atoms with Crippen LogP contribution in [0.5, 0.6) is 5.75 Å². The molecule has 2 N–H and O–H groups in total. The zero-order valence-electron chi connectivity index (χ0n) is 20.3. The quantitative estimate of drug-likeness (QED) is 0.543. The molecule has 1 amide bonds. The first-order valence-electron chi connectivity index (χ1n) is 12.1. The number of ether oxygens (including phenoxy) is 1. The number of carbonyl (C=O) groups excluding carboxylic acids is 1. The van der Waals surface area contributed by atoms with Crippen LogP contribution in [-0.2, 0) is 15.4 Å². The molecule has 8 nitrogen and oxygen atoms in total. The van der Waals surface area contributed by atoms with Crippen molar-refractivity contribution in [3.63, 3.8) is 0 Å². The van der Waals surface area contributed by atoms with Crippen molar-refractivity contribution in [2.24, 2.45) is 0 Å². The molecule has 0 radical (unpaired) electrons. The lowest BCUT2D eigenvalue weighted by atomic mass is 9.68. The van der Waals surface area contributed by atoms with Gasteiger partial charge in [-0.25, -0.2) is 17.1 Å². The van der Waals surface area contributed by atoms with Crippen LogP contribution in [0.1, 0.15) is 47.4 Å². The fourth-order valence-electron chi connectivity index (χ4n) is 5.76. The van der Waals surface area contributed by atoms with Gasteiger partial charge in [0.2, 0.25) is 10.0 Å². The molecule has 5 rings (SSSR count). The molecule has 2 aliphatic rings. The van der Waals surface area contributed by atoms with Gasteiger partial charge in [0, 0.05) is 53.3 Å². The summed E-state index contributed by atoms with van der Waals surface area (Å²) in [6.07, 6.45) is 1.06. The zero-order valence-corrected chi connectivity index (χ0v) is 21.1. The second kappa shape index (κ2) is 9.17. The number of carbonyl (C=O) groups is 1. The standard InChI is InChI=1S/C26H30FN3O5S/c1-3-36(33,34)29-12-10-26(11-13-29)16-30(25(32)17-4-6-18(27)7-5-17)22(15-31)24-23(26)20-9-8-19(35-2)14-21(20)28-24/h4-9,14,22,28,31H,3,10-13,15-16H2,1-2H3/t22-/m1/s1. The van der Waals surface area contributed by atoms with Gasteiger partial charge in [-0.2, -0.15) is 0 Å². The van der Waals surface area contributed by atoms with Crippen molar-refractivity contribution >= 4 is 26.8 Å². The van der Waals surface area contributed by atoms with E-state index in [1.807, 2.05) is 18.2 Å². The lowest BCUT2D eigenvalue weighted by Crippen LogP contribution is -2.56. The molecule has 1 fully saturated rings. The number of amides is 1. The van der Waals surface area contributed by atoms with Crippen LogP contribution in [-0.4, -0.2) is 72.7 Å². The molecule has 2 aliphatic heterocycles. The van der Waals surface area contributed by atoms with Gasteiger partial charge in [-0.15, -0.1) is 0 Å². The van der Waals surface area contributed by atoms with Crippen molar-refractivity contribution in [2.45, 2.75) is 31.2 Å². The monoisotopic (exact) mass is 515 g/mol. The Morgan fingerprint density at radius 1 is 1.19 bits per heavy atom. The molecule has 10 heteroatoms. The molecule has 1 aromatic heterocycles. The minimum absolute atomic E-state index is 0.0416. The maximum atomic E-state index is 13.7. The average molecular weight is 516 g/mol. The topological polar surface area (TPSA) is 103 Å². The fourth-order valence-corrected chi connectivity index (χ4v) is 6.87. The molecule has 2 aromatic carbocycles. The molecule has 0 saturated carbocycles. The maximum Gasteiger partial charge on any atom is 0.254 e. The smallest absolute Gasteiger partial charge is 0.254 e. The van der Waals surface area contributed by atoms with Gasteiger partial charge in [0.05, 0.1) is 25.5 Å². The number of sulfonamides is 1. The number of aromatic amines is 1. The number of H-pyrrole nitrogens is 1. The summed E-state index contributed by atoms with van der Waals surface area (Å²) < 4.78 is 45.6. The van der Waals surface area contributed by atoms with Crippen molar-refractivity contribution in [3.05, 3.63) is 65.1 Å². The number of piperidine rings is 1. The van der Waals surface area contributed by atoms with Crippen LogP contribution in [0.25, 0.3) is 10.9 Å². The number of rotatable bonds is 5. The van der Waals surface area contributed by atoms with Gasteiger partial charge in [0.15, 0.2) is 0 Å². The Balaban J connectivity index is 1.63. The van der Waals surface area contributed by atoms with Crippen LogP contribution in [0.3, 0.4) is 0 Å². The predicted molar refractivity (Wildman–Crippen MR) is 134 cm³/mol. The van der Waals surface area contributed by atoms with Crippen molar-refractivity contribution in [2.75, 3.05) is 39.1 Å². The summed E-state index contributed by atoms with van der Waals surface area (Å²) in [6, 6.07) is 10.5. The number of fused-ring (bicyclic) bond motifs is 4. The van der Waals surface area contributed by atoms with E-state index in [1.54, 1.807) is 18.9 Å². The summed E-state index contributed by atoms with van der Waals surface area (Å²) in [5.74, 6) is -0.0191. The fraction of sp³-hybridized carbons (Fsp3) is 0.423. The van der Waals surface area contributed by atoms with Gasteiger partial charge in [-0.05, 0) is 61.7 Å². The van der Waals surface area contributed by atoms with Crippen LogP contribution < -0.4 is 4.74 Å². The number of halogens is 1. The Labute approximate surface area is 209 Å². The van der Waals surface area contributed by atoms with Crippen LogP contribution in [0.2, 0.25) is 0 Å². The van der Waals surface area contributed by atoms with Crippen molar-refractivity contribution < 1.29 is 27.4 Å². The third kappa shape index (κ3) is 3.97. The van der Waals surface area contributed by atoms with Crippen LogP contribution in [0.4, 0.5) is 4.39 Å². The number of nitrogens with one attached hydrogen (secondary N) is 1. The Hall–Kier alpha value is -2.95. The molecule has 1 spiro atoms. The number of benzene rings is 2. The Morgan fingerprint density at radius 3 is 2.50 bits per heavy atom. The molecule has 0 unspecified atom stereocenters. The van der Waals surface area contributed by atoms with E-state index in [1.165, 1.54) is 28.6 Å². The summed E-state index contributed by atoms with van der Waals surface area (Å²) >= 11 is 0. The SMILES string of the molecule is CCS(=O)(=O)N1CCC2(CC1)CN(C(=O)c1ccc(F)cc1)[C@H](CO)c1[nH]c3cc(OC)ccc3c12. The van der Waals surface area contributed by atoms with E-state index in [0.717, 1.165) is 22.2 Å². The zero-order chi connectivity index (χ0) is 25.7. The number of nitrogens with zero attached hydrogens (tertiary/aromatic N) is 2. The summed E-state index contributed by atoms with van der Waals surface area (Å²) in [7, 11) is -1.74. The van der Waals surface area contributed by atoms with Crippen LogP contribution >= 0.6 is 0 Å². The van der Waals surface area contributed by atoms with E-state index in [2.05, 4.69) is 4.98 Å². The molecule has 36 heavy (non-hydrogen) atoms. The van der Waals surface area contributed by atoms with Gasteiger partial charge in [0.1, 0.15) is 11.6 Å². The Kier molecular flexibility index (Phi) is 6.30. The molecular formula is C26H30FN3O5S. The van der Waals surface area contributed by atoms with Crippen molar-refractivity contribution in [3.8, 4) is 5.75 Å². The molecule has 3 aromatic rings. The average Bonchev–Trinajstić information content (AvgIpc) is 3.28. The lowest BCUT2D eigenvalue weighted by Gasteiger charge is -2.50. The molecule has 0 aliphatic carbocycles. The van der Waals surface area contributed by atoms with Crippen LogP contribution in [0.15, 0.2) is 42.5 Å². The van der Waals surface area contributed by atoms with Gasteiger partial charge in [0.25, 0.3) is 5.91 Å². The van der Waals surface area contributed by atoms with Gasteiger partial charge in [-0.1, -0.05) is 0 Å². The highest BCUT2D eigenvalue weighted by atomic mass is 32.2. The lowest BCUT2D eigenvalue weighted by molar-refractivity contribution is 0.0387. The third-order valence-corrected chi connectivity index (χ3v) is 9.59. The number of aliphatic hydroxyl groups is 1. The Bertz CT molecular complexity index is 1390. The molecule has 0 bridgehead atoms. The Morgan fingerprint density at radius 2 is 1.89 bits per heavy atom. The van der Waals surface area contributed by atoms with Crippen molar-refractivity contribution in [1.82, 2.24) is 14.2 Å². The van der Waals surface area contributed by atoms with Crippen LogP contribution in [0, 0.1) is 5.82 Å². The molecule has 192 valence electrons. The van der Waals surface area contributed by atoms with E-state index in [9.17, 15) is 22.7 Å². The number of hydrogen-bond donors (Lipinski definition) is 2. The molecular weight excluding hydrogens is 485 g/mol. The largest absolute Gasteiger partial charge is 0.497 e. The highest BCUT2D eigenvalue weighted by molar-refractivity contribution is 7.89. The van der Waals surface area contributed by atoms with Gasteiger partial charge < -0.3 is 19.7 Å². The molecule has 1 atom stereocenters. The number of methoxy groups -OCH3 is 1. The molecule has 1 saturated heterocycles. The third-order valence-electron chi connectivity index (χ3n) is 7.71. The summed E-state index contributed by atoms with van der Waals surface area (Å²) in [5.41, 5.74) is 2.42. The first-order valence-corrected chi connectivity index (χ1v) is 13.7. The predicted octanol–water partition coefficient (Wildman–Crippen LogP) is 3.19. The highest BCUT2D eigenvalue weighted by Gasteiger charge is 2.49. The minimum atomic E-state index is -3.33. The van der Waals surface area contributed by atoms with E-state index in [4.69, 9.17) is 4.74 Å². The number of hydrogen-bond acceptors (Lipinski definition) is 5. The normalized spacial score (nSPS) is 20.0. The van der Waals surface area contributed by atoms with Gasteiger partial charge >= 0.3 is 0 Å². The summed E-state index contributed by atoms with van der Waals surface area (Å²) in [6.45, 7) is 2.36. The van der Waals surface area contributed by atoms with E-state index >= 15 is 0 Å². The maximum absolute atomic E-state index is 13.7. The summed E-state index contributed by atoms with van der Waals surface area (Å²) in [4.78, 5) is 18.7. The van der Waals surface area contributed by atoms with E-state index in [-0.39, 0.29) is 18.3 Å².